The molecule has 0 spiro atoms. The molecule has 0 heterocycles. The fraction of sp³-hybridized carbons (Fsp3) is 0.538. The first-order valence-corrected chi connectivity index (χ1v) is 5.76. The van der Waals surface area contributed by atoms with E-state index in [2.05, 4.69) is 26.8 Å². The monoisotopic (exact) mass is 226 g/mol. The Bertz CT molecular complexity index is 320. The van der Waals surface area contributed by atoms with Crippen molar-refractivity contribution >= 4 is 11.6 Å². The van der Waals surface area contributed by atoms with E-state index in [0.29, 0.717) is 5.92 Å². The van der Waals surface area contributed by atoms with Crippen LogP contribution in [0.4, 0.5) is 0 Å². The highest BCUT2D eigenvalue weighted by Crippen LogP contribution is 2.34. The smallest absolute Gasteiger partial charge is 0.123 e. The third kappa shape index (κ3) is 3.42. The standard InChI is InChI=1S/C13H19ClO/c1-9(2)7-12(14)11-8-10(3)5-6-13(11)15-4/h5-6,8-9,12H,7H2,1-4H3. The van der Waals surface area contributed by atoms with E-state index in [1.54, 1.807) is 7.11 Å². The molecule has 0 amide bonds. The van der Waals surface area contributed by atoms with Crippen LogP contribution in [0.1, 0.15) is 36.8 Å². The van der Waals surface area contributed by atoms with Crippen molar-refractivity contribution in [3.8, 4) is 5.75 Å². The molecule has 2 heteroatoms. The van der Waals surface area contributed by atoms with Gasteiger partial charge in [0.05, 0.1) is 12.5 Å². The van der Waals surface area contributed by atoms with Gasteiger partial charge in [0.1, 0.15) is 5.75 Å². The molecule has 1 nitrogen and oxygen atoms in total. The highest BCUT2D eigenvalue weighted by atomic mass is 35.5. The molecule has 1 aromatic carbocycles. The molecule has 1 atom stereocenters. The summed E-state index contributed by atoms with van der Waals surface area (Å²) >= 11 is 6.38. The minimum absolute atomic E-state index is 0.0415. The summed E-state index contributed by atoms with van der Waals surface area (Å²) in [6, 6.07) is 6.14. The van der Waals surface area contributed by atoms with Gasteiger partial charge in [-0.25, -0.2) is 0 Å². The summed E-state index contributed by atoms with van der Waals surface area (Å²) in [4.78, 5) is 0. The quantitative estimate of drug-likeness (QED) is 0.695. The second-order valence-electron chi connectivity index (χ2n) is 4.34. The van der Waals surface area contributed by atoms with E-state index in [-0.39, 0.29) is 5.38 Å². The van der Waals surface area contributed by atoms with Crippen molar-refractivity contribution in [2.45, 2.75) is 32.6 Å². The van der Waals surface area contributed by atoms with Crippen molar-refractivity contribution < 1.29 is 4.74 Å². The van der Waals surface area contributed by atoms with E-state index < -0.39 is 0 Å². The van der Waals surface area contributed by atoms with E-state index in [0.717, 1.165) is 17.7 Å². The average Bonchev–Trinajstić information content (AvgIpc) is 2.16. The van der Waals surface area contributed by atoms with Gasteiger partial charge < -0.3 is 4.74 Å². The highest BCUT2D eigenvalue weighted by Gasteiger charge is 2.14. The van der Waals surface area contributed by atoms with Crippen molar-refractivity contribution in [1.82, 2.24) is 0 Å². The molecule has 0 saturated carbocycles. The van der Waals surface area contributed by atoms with Gasteiger partial charge >= 0.3 is 0 Å². The second-order valence-corrected chi connectivity index (χ2v) is 4.87. The number of halogens is 1. The summed E-state index contributed by atoms with van der Waals surface area (Å²) in [6.07, 6.45) is 0.974. The summed E-state index contributed by atoms with van der Waals surface area (Å²) in [6.45, 7) is 6.43. The van der Waals surface area contributed by atoms with Crippen molar-refractivity contribution in [3.63, 3.8) is 0 Å². The van der Waals surface area contributed by atoms with Crippen molar-refractivity contribution in [2.24, 2.45) is 5.92 Å². The third-order valence-corrected chi connectivity index (χ3v) is 2.81. The largest absolute Gasteiger partial charge is 0.496 e. The number of benzene rings is 1. The molecule has 0 N–H and O–H groups in total. The summed E-state index contributed by atoms with van der Waals surface area (Å²) in [7, 11) is 1.69. The van der Waals surface area contributed by atoms with Crippen LogP contribution in [0, 0.1) is 12.8 Å². The molecule has 1 unspecified atom stereocenters. The predicted octanol–water partition coefficient (Wildman–Crippen LogP) is 4.33. The molecule has 1 rings (SSSR count). The zero-order chi connectivity index (χ0) is 11.4. The molecule has 0 fully saturated rings. The second kappa shape index (κ2) is 5.41. The molecular formula is C13H19ClO. The van der Waals surface area contributed by atoms with Crippen LogP contribution in [-0.4, -0.2) is 7.11 Å². The number of hydrogen-bond acceptors (Lipinski definition) is 1. The first-order chi connectivity index (χ1) is 7.04. The number of ether oxygens (including phenoxy) is 1. The molecule has 84 valence electrons. The van der Waals surface area contributed by atoms with Crippen LogP contribution >= 0.6 is 11.6 Å². The lowest BCUT2D eigenvalue weighted by atomic mass is 10.00. The number of methoxy groups -OCH3 is 1. The lowest BCUT2D eigenvalue weighted by Crippen LogP contribution is -2.00. The normalized spacial score (nSPS) is 12.9. The predicted molar refractivity (Wildman–Crippen MR) is 65.8 cm³/mol. The van der Waals surface area contributed by atoms with Gasteiger partial charge in [-0.3, -0.25) is 0 Å². The molecule has 0 radical (unpaired) electrons. The van der Waals surface area contributed by atoms with Crippen LogP contribution in [0.3, 0.4) is 0 Å². The summed E-state index contributed by atoms with van der Waals surface area (Å²) in [5.74, 6) is 1.49. The van der Waals surface area contributed by atoms with Gasteiger partial charge in [0, 0.05) is 5.56 Å². The van der Waals surface area contributed by atoms with Crippen LogP contribution in [0.25, 0.3) is 0 Å². The molecule has 0 aromatic heterocycles. The highest BCUT2D eigenvalue weighted by molar-refractivity contribution is 6.21. The Morgan fingerprint density at radius 3 is 2.53 bits per heavy atom. The Kier molecular flexibility index (Phi) is 4.46. The van der Waals surface area contributed by atoms with E-state index in [4.69, 9.17) is 16.3 Å². The minimum Gasteiger partial charge on any atom is -0.496 e. The van der Waals surface area contributed by atoms with Gasteiger partial charge in [-0.1, -0.05) is 31.5 Å². The zero-order valence-corrected chi connectivity index (χ0v) is 10.6. The van der Waals surface area contributed by atoms with Gasteiger partial charge in [0.2, 0.25) is 0 Å². The minimum atomic E-state index is 0.0415. The molecule has 0 aliphatic heterocycles. The van der Waals surface area contributed by atoms with Crippen molar-refractivity contribution in [2.75, 3.05) is 7.11 Å². The Morgan fingerprint density at radius 2 is 2.00 bits per heavy atom. The van der Waals surface area contributed by atoms with Gasteiger partial charge in [0.15, 0.2) is 0 Å². The van der Waals surface area contributed by atoms with Crippen molar-refractivity contribution in [1.29, 1.82) is 0 Å². The Hall–Kier alpha value is -0.690. The Labute approximate surface area is 97.4 Å². The molecule has 0 aliphatic rings. The number of hydrogen-bond donors (Lipinski definition) is 0. The number of alkyl halides is 1. The molecule has 0 bridgehead atoms. The lowest BCUT2D eigenvalue weighted by molar-refractivity contribution is 0.406. The summed E-state index contributed by atoms with van der Waals surface area (Å²) in [5, 5.41) is 0.0415. The fourth-order valence-corrected chi connectivity index (χ4v) is 2.17. The number of aryl methyl sites for hydroxylation is 1. The van der Waals surface area contributed by atoms with E-state index in [1.165, 1.54) is 5.56 Å². The first kappa shape index (κ1) is 12.4. The molecular weight excluding hydrogens is 208 g/mol. The maximum Gasteiger partial charge on any atom is 0.123 e. The lowest BCUT2D eigenvalue weighted by Gasteiger charge is -2.16. The van der Waals surface area contributed by atoms with E-state index in [1.807, 2.05) is 12.1 Å². The van der Waals surface area contributed by atoms with Crippen LogP contribution < -0.4 is 4.74 Å². The van der Waals surface area contributed by atoms with Gasteiger partial charge in [0.25, 0.3) is 0 Å². The zero-order valence-electron chi connectivity index (χ0n) is 9.88. The topological polar surface area (TPSA) is 9.23 Å². The first-order valence-electron chi connectivity index (χ1n) is 5.33. The average molecular weight is 227 g/mol. The summed E-state index contributed by atoms with van der Waals surface area (Å²) in [5.41, 5.74) is 2.33. The van der Waals surface area contributed by atoms with Crippen LogP contribution in [0.15, 0.2) is 18.2 Å². The Balaban J connectivity index is 2.94. The maximum absolute atomic E-state index is 6.38. The number of rotatable bonds is 4. The van der Waals surface area contributed by atoms with Gasteiger partial charge in [-0.15, -0.1) is 11.6 Å². The third-order valence-electron chi connectivity index (χ3n) is 2.40. The van der Waals surface area contributed by atoms with Crippen LogP contribution in [-0.2, 0) is 0 Å². The van der Waals surface area contributed by atoms with Gasteiger partial charge in [-0.2, -0.15) is 0 Å². The molecule has 0 aliphatic carbocycles. The fourth-order valence-electron chi connectivity index (χ4n) is 1.64. The van der Waals surface area contributed by atoms with Crippen molar-refractivity contribution in [3.05, 3.63) is 29.3 Å². The molecule has 1 aromatic rings. The Morgan fingerprint density at radius 1 is 1.33 bits per heavy atom. The van der Waals surface area contributed by atoms with Crippen LogP contribution in [0.2, 0.25) is 0 Å². The van der Waals surface area contributed by atoms with Gasteiger partial charge in [-0.05, 0) is 25.3 Å². The van der Waals surface area contributed by atoms with E-state index in [9.17, 15) is 0 Å². The molecule has 0 saturated heterocycles. The maximum atomic E-state index is 6.38. The SMILES string of the molecule is COc1ccc(C)cc1C(Cl)CC(C)C. The van der Waals surface area contributed by atoms with Crippen LogP contribution in [0.5, 0.6) is 5.75 Å². The molecule has 15 heavy (non-hydrogen) atoms. The summed E-state index contributed by atoms with van der Waals surface area (Å²) < 4.78 is 5.32. The van der Waals surface area contributed by atoms with E-state index >= 15 is 0 Å².